The SMILES string of the molecule is CCC1(C)C(=O)NCC(=O)N1Cc1ccc(F)cc1Br. The molecular formula is C14H16BrFN2O2. The van der Waals surface area contributed by atoms with E-state index in [9.17, 15) is 14.0 Å². The van der Waals surface area contributed by atoms with Gasteiger partial charge in [0.2, 0.25) is 11.8 Å². The number of hydrogen-bond acceptors (Lipinski definition) is 2. The second-order valence-electron chi connectivity index (χ2n) is 5.03. The van der Waals surface area contributed by atoms with Gasteiger partial charge in [0.15, 0.2) is 0 Å². The van der Waals surface area contributed by atoms with Crippen LogP contribution in [0.5, 0.6) is 0 Å². The van der Waals surface area contributed by atoms with Gasteiger partial charge in [-0.2, -0.15) is 0 Å². The molecule has 0 spiro atoms. The molecule has 0 saturated carbocycles. The van der Waals surface area contributed by atoms with Crippen LogP contribution < -0.4 is 5.32 Å². The first-order valence-electron chi connectivity index (χ1n) is 6.41. The minimum atomic E-state index is -0.872. The highest BCUT2D eigenvalue weighted by Gasteiger charge is 2.44. The summed E-state index contributed by atoms with van der Waals surface area (Å²) in [6.07, 6.45) is 0.517. The molecule has 2 amide bonds. The number of amides is 2. The first-order chi connectivity index (χ1) is 9.38. The van der Waals surface area contributed by atoms with Gasteiger partial charge >= 0.3 is 0 Å². The normalized spacial score (nSPS) is 22.9. The summed E-state index contributed by atoms with van der Waals surface area (Å²) in [6, 6.07) is 4.32. The van der Waals surface area contributed by atoms with Gasteiger partial charge in [-0.3, -0.25) is 9.59 Å². The number of nitrogens with zero attached hydrogens (tertiary/aromatic N) is 1. The molecule has 1 unspecified atom stereocenters. The minimum absolute atomic E-state index is 0.00718. The number of benzene rings is 1. The van der Waals surface area contributed by atoms with Crippen molar-refractivity contribution in [1.82, 2.24) is 10.2 Å². The van der Waals surface area contributed by atoms with E-state index in [0.717, 1.165) is 5.56 Å². The lowest BCUT2D eigenvalue weighted by Crippen LogP contribution is -2.65. The quantitative estimate of drug-likeness (QED) is 0.915. The molecule has 0 bridgehead atoms. The van der Waals surface area contributed by atoms with Gasteiger partial charge in [0.25, 0.3) is 0 Å². The zero-order chi connectivity index (χ0) is 14.9. The average Bonchev–Trinajstić information content (AvgIpc) is 2.41. The Labute approximate surface area is 125 Å². The summed E-state index contributed by atoms with van der Waals surface area (Å²) in [7, 11) is 0. The molecule has 1 atom stereocenters. The van der Waals surface area contributed by atoms with Crippen molar-refractivity contribution in [1.29, 1.82) is 0 Å². The Morgan fingerprint density at radius 3 is 2.75 bits per heavy atom. The lowest BCUT2D eigenvalue weighted by Gasteiger charge is -2.43. The molecule has 1 N–H and O–H groups in total. The highest BCUT2D eigenvalue weighted by Crippen LogP contribution is 2.28. The second kappa shape index (κ2) is 5.52. The van der Waals surface area contributed by atoms with Crippen molar-refractivity contribution < 1.29 is 14.0 Å². The molecule has 108 valence electrons. The van der Waals surface area contributed by atoms with Gasteiger partial charge in [-0.15, -0.1) is 0 Å². The van der Waals surface area contributed by atoms with E-state index in [1.165, 1.54) is 12.1 Å². The van der Waals surface area contributed by atoms with Gasteiger partial charge in [-0.1, -0.05) is 28.9 Å². The smallest absolute Gasteiger partial charge is 0.246 e. The molecule has 0 aromatic heterocycles. The van der Waals surface area contributed by atoms with Crippen molar-refractivity contribution in [3.8, 4) is 0 Å². The maximum atomic E-state index is 13.1. The van der Waals surface area contributed by atoms with Crippen LogP contribution in [-0.4, -0.2) is 28.8 Å². The van der Waals surface area contributed by atoms with Gasteiger partial charge in [0.05, 0.1) is 6.54 Å². The number of halogens is 2. The summed E-state index contributed by atoms with van der Waals surface area (Å²) < 4.78 is 13.7. The highest BCUT2D eigenvalue weighted by atomic mass is 79.9. The number of carbonyl (C=O) groups is 2. The Bertz CT molecular complexity index is 564. The summed E-state index contributed by atoms with van der Waals surface area (Å²) in [6.45, 7) is 3.90. The van der Waals surface area contributed by atoms with Crippen LogP contribution in [0.3, 0.4) is 0 Å². The number of piperazine rings is 1. The molecule has 2 rings (SSSR count). The third kappa shape index (κ3) is 2.57. The molecule has 20 heavy (non-hydrogen) atoms. The number of hydrogen-bond donors (Lipinski definition) is 1. The zero-order valence-corrected chi connectivity index (χ0v) is 13.0. The molecule has 6 heteroatoms. The Kier molecular flexibility index (Phi) is 4.13. The predicted octanol–water partition coefficient (Wildman–Crippen LogP) is 2.22. The van der Waals surface area contributed by atoms with E-state index in [4.69, 9.17) is 0 Å². The summed E-state index contributed by atoms with van der Waals surface area (Å²) >= 11 is 3.29. The Hall–Kier alpha value is -1.43. The monoisotopic (exact) mass is 342 g/mol. The first kappa shape index (κ1) is 15.0. The Morgan fingerprint density at radius 2 is 2.15 bits per heavy atom. The van der Waals surface area contributed by atoms with Crippen molar-refractivity contribution in [2.45, 2.75) is 32.4 Å². The second-order valence-corrected chi connectivity index (χ2v) is 5.88. The van der Waals surface area contributed by atoms with E-state index in [-0.39, 0.29) is 30.7 Å². The summed E-state index contributed by atoms with van der Waals surface area (Å²) in [5.74, 6) is -0.635. The largest absolute Gasteiger partial charge is 0.345 e. The van der Waals surface area contributed by atoms with Crippen LogP contribution in [0.15, 0.2) is 22.7 Å². The molecular weight excluding hydrogens is 327 g/mol. The Balaban J connectivity index is 2.33. The molecule has 0 radical (unpaired) electrons. The first-order valence-corrected chi connectivity index (χ1v) is 7.20. The zero-order valence-electron chi connectivity index (χ0n) is 11.4. The van der Waals surface area contributed by atoms with Crippen LogP contribution in [0, 0.1) is 5.82 Å². The lowest BCUT2D eigenvalue weighted by molar-refractivity contribution is -0.153. The van der Waals surface area contributed by atoms with Gasteiger partial charge in [0.1, 0.15) is 11.4 Å². The van der Waals surface area contributed by atoms with Crippen LogP contribution >= 0.6 is 15.9 Å². The van der Waals surface area contributed by atoms with Crippen LogP contribution in [0.25, 0.3) is 0 Å². The van der Waals surface area contributed by atoms with E-state index in [1.807, 2.05) is 6.92 Å². The summed E-state index contributed by atoms with van der Waals surface area (Å²) in [5.41, 5.74) is -0.0995. The van der Waals surface area contributed by atoms with Crippen molar-refractivity contribution in [2.24, 2.45) is 0 Å². The molecule has 1 aliphatic rings. The topological polar surface area (TPSA) is 49.4 Å². The van der Waals surface area contributed by atoms with E-state index in [1.54, 1.807) is 17.9 Å². The van der Waals surface area contributed by atoms with Crippen LogP contribution in [0.2, 0.25) is 0 Å². The van der Waals surface area contributed by atoms with Crippen LogP contribution in [0.4, 0.5) is 4.39 Å². The molecule has 1 aromatic carbocycles. The maximum Gasteiger partial charge on any atom is 0.246 e. The fraction of sp³-hybridized carbons (Fsp3) is 0.429. The van der Waals surface area contributed by atoms with Crippen molar-refractivity contribution >= 4 is 27.7 Å². The van der Waals surface area contributed by atoms with Gasteiger partial charge in [-0.05, 0) is 31.0 Å². The molecule has 1 saturated heterocycles. The molecule has 1 aromatic rings. The van der Waals surface area contributed by atoms with E-state index in [2.05, 4.69) is 21.2 Å². The van der Waals surface area contributed by atoms with Crippen LogP contribution in [0.1, 0.15) is 25.8 Å². The standard InChI is InChI=1S/C14H16BrFN2O2/c1-3-14(2)13(20)17-7-12(19)18(14)8-9-4-5-10(16)6-11(9)15/h4-6H,3,7-8H2,1-2H3,(H,17,20). The fourth-order valence-electron chi connectivity index (χ4n) is 2.27. The maximum absolute atomic E-state index is 13.1. The van der Waals surface area contributed by atoms with Crippen LogP contribution in [-0.2, 0) is 16.1 Å². The predicted molar refractivity (Wildman–Crippen MR) is 76.4 cm³/mol. The number of carbonyl (C=O) groups excluding carboxylic acids is 2. The number of nitrogens with one attached hydrogen (secondary N) is 1. The van der Waals surface area contributed by atoms with Crippen molar-refractivity contribution in [2.75, 3.05) is 6.54 Å². The van der Waals surface area contributed by atoms with Gasteiger partial charge in [0, 0.05) is 11.0 Å². The summed E-state index contributed by atoms with van der Waals surface area (Å²) in [5, 5.41) is 2.61. The third-order valence-electron chi connectivity index (χ3n) is 3.82. The van der Waals surface area contributed by atoms with Gasteiger partial charge in [-0.25, -0.2) is 4.39 Å². The lowest BCUT2D eigenvalue weighted by atomic mass is 9.92. The van der Waals surface area contributed by atoms with E-state index < -0.39 is 5.54 Å². The van der Waals surface area contributed by atoms with E-state index >= 15 is 0 Å². The highest BCUT2D eigenvalue weighted by molar-refractivity contribution is 9.10. The van der Waals surface area contributed by atoms with Gasteiger partial charge < -0.3 is 10.2 Å². The molecule has 4 nitrogen and oxygen atoms in total. The molecule has 1 fully saturated rings. The minimum Gasteiger partial charge on any atom is -0.345 e. The average molecular weight is 343 g/mol. The van der Waals surface area contributed by atoms with Crippen molar-refractivity contribution in [3.63, 3.8) is 0 Å². The van der Waals surface area contributed by atoms with Crippen molar-refractivity contribution in [3.05, 3.63) is 34.1 Å². The molecule has 1 aliphatic heterocycles. The fourth-order valence-corrected chi connectivity index (χ4v) is 2.75. The number of rotatable bonds is 3. The third-order valence-corrected chi connectivity index (χ3v) is 4.56. The summed E-state index contributed by atoms with van der Waals surface area (Å²) in [4.78, 5) is 25.7. The molecule has 0 aliphatic carbocycles. The molecule has 1 heterocycles. The Morgan fingerprint density at radius 1 is 1.45 bits per heavy atom. The van der Waals surface area contributed by atoms with E-state index in [0.29, 0.717) is 10.9 Å².